The average Bonchev–Trinajstić information content (AvgIpc) is 2.28. The van der Waals surface area contributed by atoms with Crippen molar-refractivity contribution >= 4 is 5.91 Å². The molecule has 0 bridgehead atoms. The number of carbonyl (C=O) groups excluding carboxylic acids is 1. The van der Waals surface area contributed by atoms with E-state index in [1.807, 2.05) is 0 Å². The third-order valence-corrected chi connectivity index (χ3v) is 2.06. The number of pyridine rings is 1. The highest BCUT2D eigenvalue weighted by atomic mass is 16.5. The van der Waals surface area contributed by atoms with Gasteiger partial charge in [0.2, 0.25) is 0 Å². The third kappa shape index (κ3) is 3.20. The average molecular weight is 224 g/mol. The zero-order chi connectivity index (χ0) is 12.1. The smallest absolute Gasteiger partial charge is 0.262 e. The maximum absolute atomic E-state index is 11.5. The summed E-state index contributed by atoms with van der Waals surface area (Å²) < 4.78 is 5.40. The number of aromatic nitrogens is 1. The van der Waals surface area contributed by atoms with Gasteiger partial charge in [-0.05, 0) is 19.1 Å². The summed E-state index contributed by atoms with van der Waals surface area (Å²) in [4.78, 5) is 16.9. The summed E-state index contributed by atoms with van der Waals surface area (Å²) in [7, 11) is 3.35. The molecule has 0 fully saturated rings. The van der Waals surface area contributed by atoms with Crippen LogP contribution in [0.5, 0.6) is 5.75 Å². The molecule has 5 nitrogen and oxygen atoms in total. The molecule has 0 aliphatic carbocycles. The Morgan fingerprint density at radius 2 is 2.25 bits per heavy atom. The number of hydrogen-bond donors (Lipinski definition) is 1. The van der Waals surface area contributed by atoms with Crippen LogP contribution in [0.2, 0.25) is 0 Å². The molecule has 1 unspecified atom stereocenters. The molecule has 0 aromatic carbocycles. The molecular weight excluding hydrogens is 208 g/mol. The van der Waals surface area contributed by atoms with Crippen LogP contribution < -0.4 is 4.74 Å². The number of aliphatic hydroxyl groups is 1. The Kier molecular flexibility index (Phi) is 4.25. The number of carbonyl (C=O) groups is 1. The van der Waals surface area contributed by atoms with Crippen molar-refractivity contribution < 1.29 is 14.6 Å². The first-order valence-corrected chi connectivity index (χ1v) is 4.98. The van der Waals surface area contributed by atoms with Crippen molar-refractivity contribution in [2.24, 2.45) is 0 Å². The van der Waals surface area contributed by atoms with Crippen molar-refractivity contribution in [1.29, 1.82) is 0 Å². The van der Waals surface area contributed by atoms with Gasteiger partial charge in [-0.15, -0.1) is 0 Å². The summed E-state index contributed by atoms with van der Waals surface area (Å²) in [6.07, 6.45) is 0.946. The van der Waals surface area contributed by atoms with Crippen LogP contribution in [0.4, 0.5) is 0 Å². The quantitative estimate of drug-likeness (QED) is 0.805. The van der Waals surface area contributed by atoms with Crippen molar-refractivity contribution in [2.45, 2.75) is 19.6 Å². The monoisotopic (exact) mass is 224 g/mol. The molecule has 1 aromatic heterocycles. The SMILES string of the molecule is CC(Oc1ccc(CO)nc1)C(=O)N(C)C. The van der Waals surface area contributed by atoms with Gasteiger partial charge in [-0.25, -0.2) is 0 Å². The molecule has 0 saturated heterocycles. The van der Waals surface area contributed by atoms with Gasteiger partial charge in [-0.2, -0.15) is 0 Å². The minimum atomic E-state index is -0.545. The van der Waals surface area contributed by atoms with E-state index in [-0.39, 0.29) is 12.5 Å². The first kappa shape index (κ1) is 12.4. The summed E-state index contributed by atoms with van der Waals surface area (Å²) in [5, 5.41) is 8.81. The highest BCUT2D eigenvalue weighted by Gasteiger charge is 2.16. The van der Waals surface area contributed by atoms with E-state index in [9.17, 15) is 4.79 Å². The fourth-order valence-electron chi connectivity index (χ4n) is 1.19. The fraction of sp³-hybridized carbons (Fsp3) is 0.455. The first-order valence-electron chi connectivity index (χ1n) is 4.98. The molecule has 1 rings (SSSR count). The molecule has 0 radical (unpaired) electrons. The van der Waals surface area contributed by atoms with E-state index in [1.54, 1.807) is 33.2 Å². The molecule has 1 amide bonds. The Labute approximate surface area is 94.7 Å². The second kappa shape index (κ2) is 5.46. The molecule has 1 heterocycles. The van der Waals surface area contributed by atoms with Crippen LogP contribution in [0.3, 0.4) is 0 Å². The Balaban J connectivity index is 2.62. The van der Waals surface area contributed by atoms with Crippen molar-refractivity contribution in [1.82, 2.24) is 9.88 Å². The van der Waals surface area contributed by atoms with Crippen molar-refractivity contribution in [3.63, 3.8) is 0 Å². The summed E-state index contributed by atoms with van der Waals surface area (Å²) in [6.45, 7) is 1.58. The molecule has 5 heteroatoms. The van der Waals surface area contributed by atoms with Gasteiger partial charge in [-0.1, -0.05) is 0 Å². The zero-order valence-corrected chi connectivity index (χ0v) is 9.67. The van der Waals surface area contributed by atoms with E-state index in [0.717, 1.165) is 0 Å². The van der Waals surface area contributed by atoms with E-state index >= 15 is 0 Å². The molecule has 0 spiro atoms. The lowest BCUT2D eigenvalue weighted by atomic mass is 10.3. The van der Waals surface area contributed by atoms with E-state index in [2.05, 4.69) is 4.98 Å². The van der Waals surface area contributed by atoms with Gasteiger partial charge >= 0.3 is 0 Å². The lowest BCUT2D eigenvalue weighted by molar-refractivity contribution is -0.135. The predicted octanol–water partition coefficient (Wildman–Crippen LogP) is 0.429. The molecule has 88 valence electrons. The Morgan fingerprint density at radius 1 is 1.56 bits per heavy atom. The third-order valence-electron chi connectivity index (χ3n) is 2.06. The van der Waals surface area contributed by atoms with Crippen molar-refractivity contribution in [3.8, 4) is 5.75 Å². The van der Waals surface area contributed by atoms with Crippen LogP contribution in [0.1, 0.15) is 12.6 Å². The van der Waals surface area contributed by atoms with Crippen LogP contribution in [-0.4, -0.2) is 41.1 Å². The summed E-state index contributed by atoms with van der Waals surface area (Å²) in [6, 6.07) is 3.33. The van der Waals surface area contributed by atoms with E-state index < -0.39 is 6.10 Å². The van der Waals surface area contributed by atoms with Gasteiger partial charge in [0.1, 0.15) is 5.75 Å². The Morgan fingerprint density at radius 3 is 2.69 bits per heavy atom. The van der Waals surface area contributed by atoms with E-state index in [1.165, 1.54) is 11.1 Å². The van der Waals surface area contributed by atoms with Crippen LogP contribution in [0, 0.1) is 0 Å². The number of nitrogens with zero attached hydrogens (tertiary/aromatic N) is 2. The normalized spacial score (nSPS) is 12.0. The summed E-state index contributed by atoms with van der Waals surface area (Å²) in [5.74, 6) is 0.408. The number of rotatable bonds is 4. The second-order valence-electron chi connectivity index (χ2n) is 3.64. The standard InChI is InChI=1S/C11H16N2O3/c1-8(11(15)13(2)3)16-10-5-4-9(7-14)12-6-10/h4-6,8,14H,7H2,1-3H3. The Bertz CT molecular complexity index is 349. The number of ether oxygens (including phenoxy) is 1. The number of hydrogen-bond acceptors (Lipinski definition) is 4. The van der Waals surface area contributed by atoms with E-state index in [0.29, 0.717) is 11.4 Å². The van der Waals surface area contributed by atoms with Crippen LogP contribution >= 0.6 is 0 Å². The maximum Gasteiger partial charge on any atom is 0.262 e. The molecular formula is C11H16N2O3. The predicted molar refractivity (Wildman–Crippen MR) is 58.9 cm³/mol. The molecule has 0 saturated carbocycles. The number of likely N-dealkylation sites (N-methyl/N-ethyl adjacent to an activating group) is 1. The van der Waals surface area contributed by atoms with Crippen LogP contribution in [0.25, 0.3) is 0 Å². The van der Waals surface area contributed by atoms with E-state index in [4.69, 9.17) is 9.84 Å². The van der Waals surface area contributed by atoms with Gasteiger partial charge < -0.3 is 14.7 Å². The van der Waals surface area contributed by atoms with Crippen molar-refractivity contribution in [3.05, 3.63) is 24.0 Å². The minimum Gasteiger partial charge on any atom is -0.479 e. The fourth-order valence-corrected chi connectivity index (χ4v) is 1.19. The molecule has 1 aromatic rings. The van der Waals surface area contributed by atoms with Gasteiger partial charge in [0, 0.05) is 14.1 Å². The summed E-state index contributed by atoms with van der Waals surface area (Å²) >= 11 is 0. The van der Waals surface area contributed by atoms with Crippen molar-refractivity contribution in [2.75, 3.05) is 14.1 Å². The summed E-state index contributed by atoms with van der Waals surface area (Å²) in [5.41, 5.74) is 0.568. The largest absolute Gasteiger partial charge is 0.479 e. The zero-order valence-electron chi connectivity index (χ0n) is 9.67. The highest BCUT2D eigenvalue weighted by molar-refractivity contribution is 5.80. The Hall–Kier alpha value is -1.62. The van der Waals surface area contributed by atoms with Gasteiger partial charge in [0.25, 0.3) is 5.91 Å². The highest BCUT2D eigenvalue weighted by Crippen LogP contribution is 2.11. The first-order chi connectivity index (χ1) is 7.54. The van der Waals surface area contributed by atoms with Crippen LogP contribution in [0.15, 0.2) is 18.3 Å². The maximum atomic E-state index is 11.5. The number of amides is 1. The lowest BCUT2D eigenvalue weighted by Gasteiger charge is -2.18. The number of aliphatic hydroxyl groups excluding tert-OH is 1. The molecule has 0 aliphatic rings. The second-order valence-corrected chi connectivity index (χ2v) is 3.64. The molecule has 0 aliphatic heterocycles. The van der Waals surface area contributed by atoms with Gasteiger partial charge in [0.15, 0.2) is 6.10 Å². The molecule has 1 atom stereocenters. The molecule has 16 heavy (non-hydrogen) atoms. The van der Waals surface area contributed by atoms with Gasteiger partial charge in [-0.3, -0.25) is 9.78 Å². The lowest BCUT2D eigenvalue weighted by Crippen LogP contribution is -2.35. The molecule has 1 N–H and O–H groups in total. The minimum absolute atomic E-state index is 0.105. The van der Waals surface area contributed by atoms with Gasteiger partial charge in [0.05, 0.1) is 18.5 Å². The van der Waals surface area contributed by atoms with Crippen LogP contribution in [-0.2, 0) is 11.4 Å². The topological polar surface area (TPSA) is 62.7 Å².